The Balaban J connectivity index is 1.82. The highest BCUT2D eigenvalue weighted by molar-refractivity contribution is 7.16. The van der Waals surface area contributed by atoms with Crippen LogP contribution in [0.5, 0.6) is 0 Å². The maximum atomic E-state index is 13.8. The number of carbonyl (C=O) groups is 1. The lowest BCUT2D eigenvalue weighted by Crippen LogP contribution is -2.51. The molecule has 0 radical (unpaired) electrons. The van der Waals surface area contributed by atoms with E-state index in [4.69, 9.17) is 0 Å². The highest BCUT2D eigenvalue weighted by Gasteiger charge is 2.23. The van der Waals surface area contributed by atoms with Crippen LogP contribution < -0.4 is 5.32 Å². The number of carbonyl (C=O) groups excluding carboxylic acids is 1. The molecule has 1 N–H and O–H groups in total. The molecule has 1 aliphatic heterocycles. The number of hydrogen-bond donors (Lipinski definition) is 1. The number of halogens is 1. The van der Waals surface area contributed by atoms with Gasteiger partial charge in [-0.05, 0) is 19.1 Å². The minimum atomic E-state index is -0.318. The van der Waals surface area contributed by atoms with Crippen molar-refractivity contribution >= 4 is 17.2 Å². The van der Waals surface area contributed by atoms with Gasteiger partial charge in [-0.15, -0.1) is 11.3 Å². The molecule has 2 aromatic rings. The van der Waals surface area contributed by atoms with Gasteiger partial charge in [0.15, 0.2) is 0 Å². The van der Waals surface area contributed by atoms with Crippen molar-refractivity contribution in [3.05, 3.63) is 41.2 Å². The van der Waals surface area contributed by atoms with E-state index in [-0.39, 0.29) is 11.7 Å². The van der Waals surface area contributed by atoms with Crippen molar-refractivity contribution in [1.82, 2.24) is 15.2 Å². The van der Waals surface area contributed by atoms with E-state index in [1.807, 2.05) is 4.90 Å². The van der Waals surface area contributed by atoms with E-state index < -0.39 is 0 Å². The minimum absolute atomic E-state index is 0.0246. The smallest absolute Gasteiger partial charge is 0.265 e. The zero-order valence-electron chi connectivity index (χ0n) is 11.7. The van der Waals surface area contributed by atoms with Crippen molar-refractivity contribution in [2.45, 2.75) is 13.0 Å². The number of aromatic nitrogens is 1. The van der Waals surface area contributed by atoms with Crippen LogP contribution in [0.2, 0.25) is 0 Å². The lowest BCUT2D eigenvalue weighted by molar-refractivity contribution is 0.0714. The molecule has 1 unspecified atom stereocenters. The number of nitrogens with one attached hydrogen (secondary N) is 1. The van der Waals surface area contributed by atoms with E-state index in [0.29, 0.717) is 34.6 Å². The van der Waals surface area contributed by atoms with E-state index >= 15 is 0 Å². The summed E-state index contributed by atoms with van der Waals surface area (Å²) in [6.07, 6.45) is 1.54. The van der Waals surface area contributed by atoms with E-state index in [1.54, 1.807) is 24.4 Å². The number of piperazine rings is 1. The van der Waals surface area contributed by atoms with Crippen LogP contribution in [0.4, 0.5) is 4.39 Å². The van der Waals surface area contributed by atoms with Crippen LogP contribution in [0, 0.1) is 5.82 Å². The standard InChI is InChI=1S/C15H16FN3OS/c1-10-9-19(7-6-17-10)15(20)13-8-18-14(21-13)11-4-2-3-5-12(11)16/h2-5,8,10,17H,6-7,9H2,1H3. The summed E-state index contributed by atoms with van der Waals surface area (Å²) in [7, 11) is 0. The van der Waals surface area contributed by atoms with Gasteiger partial charge in [0.2, 0.25) is 0 Å². The summed E-state index contributed by atoms with van der Waals surface area (Å²) >= 11 is 1.24. The second kappa shape index (κ2) is 5.91. The summed E-state index contributed by atoms with van der Waals surface area (Å²) in [4.78, 5) is 19.0. The largest absolute Gasteiger partial charge is 0.335 e. The monoisotopic (exact) mass is 305 g/mol. The zero-order chi connectivity index (χ0) is 14.8. The van der Waals surface area contributed by atoms with Gasteiger partial charge in [-0.3, -0.25) is 4.79 Å². The molecule has 1 aromatic carbocycles. The van der Waals surface area contributed by atoms with Gasteiger partial charge in [0.25, 0.3) is 5.91 Å². The fraction of sp³-hybridized carbons (Fsp3) is 0.333. The van der Waals surface area contributed by atoms with Crippen LogP contribution in [-0.2, 0) is 0 Å². The maximum absolute atomic E-state index is 13.8. The van der Waals surface area contributed by atoms with Crippen molar-refractivity contribution in [3.63, 3.8) is 0 Å². The fourth-order valence-electron chi connectivity index (χ4n) is 2.40. The molecular formula is C15H16FN3OS. The number of amides is 1. The third kappa shape index (κ3) is 2.96. The predicted octanol–water partition coefficient (Wildman–Crippen LogP) is 2.38. The molecule has 1 amide bonds. The molecule has 3 rings (SSSR count). The molecule has 2 heterocycles. The molecular weight excluding hydrogens is 289 g/mol. The third-order valence-corrected chi connectivity index (χ3v) is 4.50. The number of thiazole rings is 1. The van der Waals surface area contributed by atoms with Crippen molar-refractivity contribution in [3.8, 4) is 10.6 Å². The normalized spacial score (nSPS) is 18.8. The Morgan fingerprint density at radius 3 is 3.05 bits per heavy atom. The molecule has 1 aromatic heterocycles. The maximum Gasteiger partial charge on any atom is 0.265 e. The third-order valence-electron chi connectivity index (χ3n) is 3.48. The van der Waals surface area contributed by atoms with Gasteiger partial charge >= 0.3 is 0 Å². The highest BCUT2D eigenvalue weighted by atomic mass is 32.1. The van der Waals surface area contributed by atoms with Gasteiger partial charge in [0.05, 0.1) is 6.20 Å². The average molecular weight is 305 g/mol. The Morgan fingerprint density at radius 2 is 2.29 bits per heavy atom. The van der Waals surface area contributed by atoms with Gasteiger partial charge in [0, 0.05) is 31.2 Å². The molecule has 0 aliphatic carbocycles. The molecule has 0 saturated carbocycles. The Labute approximate surface area is 126 Å². The van der Waals surface area contributed by atoms with Crippen LogP contribution in [0.15, 0.2) is 30.5 Å². The summed E-state index contributed by atoms with van der Waals surface area (Å²) in [5.74, 6) is -0.343. The Morgan fingerprint density at radius 1 is 1.48 bits per heavy atom. The number of nitrogens with zero attached hydrogens (tertiary/aromatic N) is 2. The quantitative estimate of drug-likeness (QED) is 0.926. The first-order valence-electron chi connectivity index (χ1n) is 6.88. The first-order valence-corrected chi connectivity index (χ1v) is 7.70. The SMILES string of the molecule is CC1CN(C(=O)c2cnc(-c3ccccc3F)s2)CCN1. The second-order valence-corrected chi connectivity index (χ2v) is 6.15. The molecule has 6 heteroatoms. The Bertz CT molecular complexity index is 658. The van der Waals surface area contributed by atoms with Gasteiger partial charge in [0.1, 0.15) is 15.7 Å². The molecule has 110 valence electrons. The number of rotatable bonds is 2. The topological polar surface area (TPSA) is 45.2 Å². The highest BCUT2D eigenvalue weighted by Crippen LogP contribution is 2.28. The van der Waals surface area contributed by atoms with Gasteiger partial charge in [-0.25, -0.2) is 9.37 Å². The molecule has 0 bridgehead atoms. The Hall–Kier alpha value is -1.79. The lowest BCUT2D eigenvalue weighted by Gasteiger charge is -2.31. The molecule has 1 atom stereocenters. The Kier molecular flexibility index (Phi) is 3.98. The minimum Gasteiger partial charge on any atom is -0.335 e. The zero-order valence-corrected chi connectivity index (χ0v) is 12.5. The van der Waals surface area contributed by atoms with Gasteiger partial charge < -0.3 is 10.2 Å². The van der Waals surface area contributed by atoms with Crippen molar-refractivity contribution in [2.75, 3.05) is 19.6 Å². The van der Waals surface area contributed by atoms with Crippen LogP contribution in [0.3, 0.4) is 0 Å². The van der Waals surface area contributed by atoms with Crippen molar-refractivity contribution in [1.29, 1.82) is 0 Å². The van der Waals surface area contributed by atoms with Gasteiger partial charge in [-0.1, -0.05) is 12.1 Å². The molecule has 1 saturated heterocycles. The van der Waals surface area contributed by atoms with Crippen LogP contribution in [0.25, 0.3) is 10.6 Å². The summed E-state index contributed by atoms with van der Waals surface area (Å²) in [6, 6.07) is 6.77. The van der Waals surface area contributed by atoms with Crippen LogP contribution in [-0.4, -0.2) is 41.5 Å². The molecule has 21 heavy (non-hydrogen) atoms. The number of hydrogen-bond acceptors (Lipinski definition) is 4. The summed E-state index contributed by atoms with van der Waals surface area (Å²) in [5.41, 5.74) is 0.440. The van der Waals surface area contributed by atoms with E-state index in [9.17, 15) is 9.18 Å². The molecule has 0 spiro atoms. The van der Waals surface area contributed by atoms with Crippen molar-refractivity contribution in [2.24, 2.45) is 0 Å². The summed E-state index contributed by atoms with van der Waals surface area (Å²) < 4.78 is 13.8. The predicted molar refractivity (Wildman–Crippen MR) is 80.9 cm³/mol. The molecule has 1 fully saturated rings. The average Bonchev–Trinajstić information content (AvgIpc) is 2.96. The summed E-state index contributed by atoms with van der Waals surface area (Å²) in [6.45, 7) is 4.23. The van der Waals surface area contributed by atoms with E-state index in [1.165, 1.54) is 17.4 Å². The van der Waals surface area contributed by atoms with Crippen molar-refractivity contribution < 1.29 is 9.18 Å². The molecule has 4 nitrogen and oxygen atoms in total. The first kappa shape index (κ1) is 14.2. The molecule has 1 aliphatic rings. The van der Waals surface area contributed by atoms with E-state index in [2.05, 4.69) is 17.2 Å². The summed E-state index contributed by atoms with van der Waals surface area (Å²) in [5, 5.41) is 3.84. The first-order chi connectivity index (χ1) is 10.1. The van der Waals surface area contributed by atoms with Crippen LogP contribution >= 0.6 is 11.3 Å². The number of benzene rings is 1. The van der Waals surface area contributed by atoms with Gasteiger partial charge in [-0.2, -0.15) is 0 Å². The fourth-order valence-corrected chi connectivity index (χ4v) is 3.32. The van der Waals surface area contributed by atoms with Crippen LogP contribution in [0.1, 0.15) is 16.6 Å². The lowest BCUT2D eigenvalue weighted by atomic mass is 10.2. The second-order valence-electron chi connectivity index (χ2n) is 5.12. The van der Waals surface area contributed by atoms with E-state index in [0.717, 1.165) is 6.54 Å².